The van der Waals surface area contributed by atoms with Crippen molar-refractivity contribution in [2.75, 3.05) is 13.2 Å². The molecule has 0 saturated heterocycles. The van der Waals surface area contributed by atoms with E-state index in [0.29, 0.717) is 36.7 Å². The van der Waals surface area contributed by atoms with Gasteiger partial charge in [-0.05, 0) is 48.3 Å². The van der Waals surface area contributed by atoms with Gasteiger partial charge in [0, 0.05) is 16.5 Å². The van der Waals surface area contributed by atoms with Gasteiger partial charge in [0.05, 0.1) is 13.2 Å². The van der Waals surface area contributed by atoms with E-state index in [1.807, 2.05) is 20.8 Å². The van der Waals surface area contributed by atoms with Crippen LogP contribution >= 0.6 is 15.9 Å². The fourth-order valence-electron chi connectivity index (χ4n) is 1.65. The van der Waals surface area contributed by atoms with Gasteiger partial charge < -0.3 is 9.47 Å². The topological polar surface area (TPSA) is 35.5 Å². The molecule has 0 aliphatic rings. The summed E-state index contributed by atoms with van der Waals surface area (Å²) in [7, 11) is 0. The number of hydrogen-bond acceptors (Lipinski definition) is 3. The summed E-state index contributed by atoms with van der Waals surface area (Å²) < 4.78 is 11.8. The van der Waals surface area contributed by atoms with Crippen molar-refractivity contribution in [1.29, 1.82) is 0 Å². The van der Waals surface area contributed by atoms with Gasteiger partial charge in [0.15, 0.2) is 17.3 Å². The third kappa shape index (κ3) is 3.73. The lowest BCUT2D eigenvalue weighted by atomic mass is 10.1. The zero-order chi connectivity index (χ0) is 13.5. The van der Waals surface area contributed by atoms with Crippen LogP contribution in [0.15, 0.2) is 16.6 Å². The zero-order valence-corrected chi connectivity index (χ0v) is 12.7. The Kier molecular flexibility index (Phi) is 6.19. The molecule has 0 amide bonds. The van der Waals surface area contributed by atoms with Crippen molar-refractivity contribution >= 4 is 21.7 Å². The van der Waals surface area contributed by atoms with Crippen LogP contribution in [0.5, 0.6) is 11.5 Å². The van der Waals surface area contributed by atoms with Crippen LogP contribution in [0.3, 0.4) is 0 Å². The Morgan fingerprint density at radius 1 is 1.11 bits per heavy atom. The first-order valence-electron chi connectivity index (χ1n) is 6.26. The average molecular weight is 315 g/mol. The highest BCUT2D eigenvalue weighted by atomic mass is 79.9. The maximum Gasteiger partial charge on any atom is 0.164 e. The normalized spacial score (nSPS) is 10.2. The number of ketones is 1. The number of benzene rings is 1. The van der Waals surface area contributed by atoms with E-state index in [1.165, 1.54) is 0 Å². The second kappa shape index (κ2) is 7.41. The maximum absolute atomic E-state index is 12.0. The van der Waals surface area contributed by atoms with Gasteiger partial charge in [0.25, 0.3) is 0 Å². The number of carbonyl (C=O) groups excluding carboxylic acids is 1. The smallest absolute Gasteiger partial charge is 0.164 e. The van der Waals surface area contributed by atoms with Gasteiger partial charge in [-0.2, -0.15) is 0 Å². The van der Waals surface area contributed by atoms with Crippen LogP contribution in [0.2, 0.25) is 0 Å². The molecule has 0 fully saturated rings. The number of Topliss-reactive ketones (excluding diaryl/α,β-unsaturated/α-hetero) is 1. The minimum absolute atomic E-state index is 0.119. The van der Waals surface area contributed by atoms with E-state index >= 15 is 0 Å². The van der Waals surface area contributed by atoms with Crippen molar-refractivity contribution in [2.24, 2.45) is 0 Å². The Bertz CT molecular complexity index is 416. The second-order valence-electron chi connectivity index (χ2n) is 3.82. The van der Waals surface area contributed by atoms with Crippen LogP contribution in [0.25, 0.3) is 0 Å². The first kappa shape index (κ1) is 15.0. The summed E-state index contributed by atoms with van der Waals surface area (Å²) in [5.41, 5.74) is 0.656. The molecule has 0 bridgehead atoms. The van der Waals surface area contributed by atoms with E-state index in [2.05, 4.69) is 15.9 Å². The number of halogens is 1. The highest BCUT2D eigenvalue weighted by Gasteiger charge is 2.15. The molecule has 0 aromatic heterocycles. The van der Waals surface area contributed by atoms with Gasteiger partial charge in [-0.1, -0.05) is 6.92 Å². The third-order valence-corrected chi connectivity index (χ3v) is 3.07. The predicted octanol–water partition coefficient (Wildman–Crippen LogP) is 4.23. The van der Waals surface area contributed by atoms with Crippen LogP contribution in [0, 0.1) is 0 Å². The molecule has 0 heterocycles. The lowest BCUT2D eigenvalue weighted by Gasteiger charge is -2.13. The molecule has 0 radical (unpaired) electrons. The molecule has 0 spiro atoms. The first-order valence-corrected chi connectivity index (χ1v) is 7.05. The van der Waals surface area contributed by atoms with E-state index in [1.54, 1.807) is 12.1 Å². The van der Waals surface area contributed by atoms with Crippen LogP contribution < -0.4 is 9.47 Å². The molecule has 1 rings (SSSR count). The third-order valence-electron chi connectivity index (χ3n) is 2.41. The number of ether oxygens (including phenoxy) is 2. The molecule has 18 heavy (non-hydrogen) atoms. The molecule has 0 aliphatic heterocycles. The molecule has 100 valence electrons. The van der Waals surface area contributed by atoms with E-state index < -0.39 is 0 Å². The van der Waals surface area contributed by atoms with Crippen LogP contribution in [-0.4, -0.2) is 19.0 Å². The van der Waals surface area contributed by atoms with Gasteiger partial charge in [-0.3, -0.25) is 4.79 Å². The molecule has 3 nitrogen and oxygen atoms in total. The van der Waals surface area contributed by atoms with Crippen LogP contribution in [0.1, 0.15) is 44.0 Å². The van der Waals surface area contributed by atoms with Crippen molar-refractivity contribution in [2.45, 2.75) is 33.6 Å². The molecule has 1 aromatic rings. The molecular formula is C14H19BrO3. The van der Waals surface area contributed by atoms with Crippen molar-refractivity contribution < 1.29 is 14.3 Å². The van der Waals surface area contributed by atoms with Crippen molar-refractivity contribution in [3.63, 3.8) is 0 Å². The largest absolute Gasteiger partial charge is 0.490 e. The van der Waals surface area contributed by atoms with Gasteiger partial charge in [0.1, 0.15) is 0 Å². The fourth-order valence-corrected chi connectivity index (χ4v) is 2.19. The van der Waals surface area contributed by atoms with Gasteiger partial charge in [-0.25, -0.2) is 0 Å². The summed E-state index contributed by atoms with van der Waals surface area (Å²) in [6, 6.07) is 3.56. The summed E-state index contributed by atoms with van der Waals surface area (Å²) in [4.78, 5) is 12.0. The quantitative estimate of drug-likeness (QED) is 0.706. The van der Waals surface area contributed by atoms with Crippen molar-refractivity contribution in [3.05, 3.63) is 22.2 Å². The predicted molar refractivity (Wildman–Crippen MR) is 75.7 cm³/mol. The number of hydrogen-bond donors (Lipinski definition) is 0. The fraction of sp³-hybridized carbons (Fsp3) is 0.500. The standard InChI is InChI=1S/C14H19BrO3/c1-4-7-12(16)10-8-13(17-5-2)14(18-6-3)9-11(10)15/h8-9H,4-7H2,1-3H3. The molecule has 0 N–H and O–H groups in total. The average Bonchev–Trinajstić information content (AvgIpc) is 2.33. The van der Waals surface area contributed by atoms with Crippen LogP contribution in [0.4, 0.5) is 0 Å². The lowest BCUT2D eigenvalue weighted by Crippen LogP contribution is -2.04. The van der Waals surface area contributed by atoms with Crippen molar-refractivity contribution in [1.82, 2.24) is 0 Å². The minimum Gasteiger partial charge on any atom is -0.490 e. The Labute approximate surface area is 117 Å². The van der Waals surface area contributed by atoms with E-state index in [0.717, 1.165) is 10.9 Å². The molecule has 1 aromatic carbocycles. The molecule has 0 aliphatic carbocycles. The monoisotopic (exact) mass is 314 g/mol. The van der Waals surface area contributed by atoms with E-state index in [9.17, 15) is 4.79 Å². The van der Waals surface area contributed by atoms with Gasteiger partial charge in [-0.15, -0.1) is 0 Å². The van der Waals surface area contributed by atoms with Gasteiger partial charge in [0.2, 0.25) is 0 Å². The first-order chi connectivity index (χ1) is 8.63. The summed E-state index contributed by atoms with van der Waals surface area (Å²) in [6.45, 7) is 6.92. The molecule has 0 saturated carbocycles. The Hall–Kier alpha value is -1.03. The summed E-state index contributed by atoms with van der Waals surface area (Å²) in [5, 5.41) is 0. The Morgan fingerprint density at radius 2 is 1.67 bits per heavy atom. The Balaban J connectivity index is 3.13. The number of carbonyl (C=O) groups is 1. The summed E-state index contributed by atoms with van der Waals surface area (Å²) in [6.07, 6.45) is 1.38. The Morgan fingerprint density at radius 3 is 2.17 bits per heavy atom. The maximum atomic E-state index is 12.0. The highest BCUT2D eigenvalue weighted by molar-refractivity contribution is 9.10. The highest BCUT2D eigenvalue weighted by Crippen LogP contribution is 2.34. The molecule has 0 unspecified atom stereocenters. The second-order valence-corrected chi connectivity index (χ2v) is 4.67. The molecular weight excluding hydrogens is 296 g/mol. The van der Waals surface area contributed by atoms with Gasteiger partial charge >= 0.3 is 0 Å². The van der Waals surface area contributed by atoms with E-state index in [4.69, 9.17) is 9.47 Å². The zero-order valence-electron chi connectivity index (χ0n) is 11.1. The SMILES string of the molecule is CCCC(=O)c1cc(OCC)c(OCC)cc1Br. The van der Waals surface area contributed by atoms with Crippen molar-refractivity contribution in [3.8, 4) is 11.5 Å². The lowest BCUT2D eigenvalue weighted by molar-refractivity contribution is 0.0980. The molecule has 4 heteroatoms. The van der Waals surface area contributed by atoms with E-state index in [-0.39, 0.29) is 5.78 Å². The summed E-state index contributed by atoms with van der Waals surface area (Å²) >= 11 is 3.42. The molecule has 0 atom stereocenters. The minimum atomic E-state index is 0.119. The van der Waals surface area contributed by atoms with Crippen LogP contribution in [-0.2, 0) is 0 Å². The number of rotatable bonds is 7. The summed E-state index contributed by atoms with van der Waals surface area (Å²) in [5.74, 6) is 1.41.